The Morgan fingerprint density at radius 2 is 1.57 bits per heavy atom. The van der Waals surface area contributed by atoms with Crippen molar-refractivity contribution < 1.29 is 38.4 Å². The van der Waals surface area contributed by atoms with Crippen molar-refractivity contribution in [2.75, 3.05) is 20.2 Å². The summed E-state index contributed by atoms with van der Waals surface area (Å²) in [5.41, 5.74) is 5.78. The van der Waals surface area contributed by atoms with Crippen molar-refractivity contribution in [3.63, 3.8) is 0 Å². The van der Waals surface area contributed by atoms with Crippen LogP contribution in [-0.4, -0.2) is 72.0 Å². The molecule has 296 valence electrons. The molecule has 6 rings (SSSR count). The number of carbonyl (C=O) groups excluding carboxylic acids is 3. The number of nitrogens with one attached hydrogen (secondary N) is 2. The molecule has 0 unspecified atom stereocenters. The lowest BCUT2D eigenvalue weighted by atomic mass is 9.98. The maximum Gasteiger partial charge on any atom is 0.328 e. The van der Waals surface area contributed by atoms with Crippen molar-refractivity contribution in [1.82, 2.24) is 15.5 Å². The highest BCUT2D eigenvalue weighted by Crippen LogP contribution is 2.40. The van der Waals surface area contributed by atoms with Crippen LogP contribution in [0.3, 0.4) is 0 Å². The van der Waals surface area contributed by atoms with Gasteiger partial charge in [-0.15, -0.1) is 0 Å². The molecule has 11 heteroatoms. The lowest BCUT2D eigenvalue weighted by molar-refractivity contribution is -0.253. The molecule has 0 saturated carbocycles. The van der Waals surface area contributed by atoms with Crippen molar-refractivity contribution in [3.8, 4) is 11.1 Å². The molecule has 0 radical (unpaired) electrons. The maximum atomic E-state index is 13.2. The quantitative estimate of drug-likeness (QED) is 0.126. The van der Waals surface area contributed by atoms with E-state index in [1.54, 1.807) is 0 Å². The second kappa shape index (κ2) is 18.7. The van der Waals surface area contributed by atoms with Crippen LogP contribution in [0.5, 0.6) is 0 Å². The Bertz CT molecular complexity index is 1930. The fourth-order valence-corrected chi connectivity index (χ4v) is 7.28. The monoisotopic (exact) mass is 763 g/mol. The van der Waals surface area contributed by atoms with Crippen LogP contribution in [-0.2, 0) is 48.1 Å². The van der Waals surface area contributed by atoms with Crippen molar-refractivity contribution in [1.29, 1.82) is 0 Å². The van der Waals surface area contributed by atoms with Crippen LogP contribution in [0.4, 0.5) is 4.79 Å². The molecule has 0 spiro atoms. The fraction of sp³-hybridized carbons (Fsp3) is 0.400. The van der Waals surface area contributed by atoms with Gasteiger partial charge < -0.3 is 34.7 Å². The highest BCUT2D eigenvalue weighted by molar-refractivity contribution is 5.83. The SMILES string of the molecule is COC(=O)[C@H](Cc1ccccc1)NC(=O)NCc1cccc(-c2cccc([C@@H]3O[C@H](CN4CCC[C@H]4C(=O)OC(C)(C)C)C[C@H](c4ccc(CO)cc4)O3)c2)c1. The van der Waals surface area contributed by atoms with E-state index in [0.29, 0.717) is 19.4 Å². The van der Waals surface area contributed by atoms with Crippen molar-refractivity contribution in [3.05, 3.63) is 131 Å². The molecule has 0 aliphatic carbocycles. The molecular weight excluding hydrogens is 711 g/mol. The Labute approximate surface area is 329 Å². The third-order valence-corrected chi connectivity index (χ3v) is 10.0. The average Bonchev–Trinajstić information content (AvgIpc) is 3.67. The van der Waals surface area contributed by atoms with E-state index in [-0.39, 0.29) is 37.4 Å². The molecule has 2 aliphatic heterocycles. The largest absolute Gasteiger partial charge is 0.467 e. The lowest BCUT2D eigenvalue weighted by Crippen LogP contribution is -2.47. The number of aliphatic hydroxyl groups is 1. The summed E-state index contributed by atoms with van der Waals surface area (Å²) in [4.78, 5) is 40.7. The van der Waals surface area contributed by atoms with Gasteiger partial charge in [-0.1, -0.05) is 91.0 Å². The second-order valence-electron chi connectivity index (χ2n) is 15.5. The van der Waals surface area contributed by atoms with E-state index in [1.165, 1.54) is 7.11 Å². The summed E-state index contributed by atoms with van der Waals surface area (Å²) in [6, 6.07) is 31.6. The molecule has 2 saturated heterocycles. The van der Waals surface area contributed by atoms with Crippen molar-refractivity contribution in [2.24, 2.45) is 0 Å². The second-order valence-corrected chi connectivity index (χ2v) is 15.5. The molecule has 2 fully saturated rings. The van der Waals surface area contributed by atoms with E-state index in [4.69, 9.17) is 18.9 Å². The molecule has 4 aromatic rings. The number of methoxy groups -OCH3 is 1. The zero-order valence-electron chi connectivity index (χ0n) is 32.6. The standard InChI is InChI=1S/C45H53N3O8/c1-45(2,3)56-42(51)39-17-10-22-48(39)28-37-26-40(33-20-18-31(29-49)19-21-33)55-43(54-37)36-16-9-15-35(25-36)34-14-8-13-32(23-34)27-46-44(52)47-38(41(50)53-4)24-30-11-6-5-7-12-30/h5-9,11-16,18-21,23,25,37-40,43,49H,10,17,22,24,26-29H2,1-4H3,(H2,46,47,52)/t37-,38-,39-,40+,43+/m0/s1. The normalized spacial score (nSPS) is 20.5. The van der Waals surface area contributed by atoms with E-state index in [9.17, 15) is 19.5 Å². The summed E-state index contributed by atoms with van der Waals surface area (Å²) in [7, 11) is 1.30. The Hall–Kier alpha value is -5.07. The van der Waals surface area contributed by atoms with Gasteiger partial charge >= 0.3 is 18.0 Å². The number of esters is 2. The van der Waals surface area contributed by atoms with Crippen LogP contribution < -0.4 is 10.6 Å². The summed E-state index contributed by atoms with van der Waals surface area (Å²) in [5, 5.41) is 15.3. The molecule has 2 heterocycles. The summed E-state index contributed by atoms with van der Waals surface area (Å²) in [5.74, 6) is -0.718. The first-order valence-electron chi connectivity index (χ1n) is 19.3. The average molecular weight is 764 g/mol. The zero-order chi connectivity index (χ0) is 39.7. The number of hydrogen-bond acceptors (Lipinski definition) is 9. The summed E-state index contributed by atoms with van der Waals surface area (Å²) in [6.45, 7) is 7.22. The van der Waals surface area contributed by atoms with E-state index >= 15 is 0 Å². The van der Waals surface area contributed by atoms with Gasteiger partial charge in [0.25, 0.3) is 0 Å². The van der Waals surface area contributed by atoms with Crippen LogP contribution in [0.2, 0.25) is 0 Å². The molecule has 56 heavy (non-hydrogen) atoms. The Morgan fingerprint density at radius 1 is 0.857 bits per heavy atom. The first-order chi connectivity index (χ1) is 27.0. The van der Waals surface area contributed by atoms with Gasteiger partial charge in [-0.25, -0.2) is 9.59 Å². The highest BCUT2D eigenvalue weighted by Gasteiger charge is 2.39. The number of likely N-dealkylation sites (tertiary alicyclic amines) is 1. The van der Waals surface area contributed by atoms with Gasteiger partial charge in [-0.05, 0) is 85.7 Å². The summed E-state index contributed by atoms with van der Waals surface area (Å²) >= 11 is 0. The van der Waals surface area contributed by atoms with Gasteiger partial charge in [0.2, 0.25) is 0 Å². The van der Waals surface area contributed by atoms with Crippen LogP contribution in [0, 0.1) is 0 Å². The highest BCUT2D eigenvalue weighted by atomic mass is 16.7. The molecule has 5 atom stereocenters. The van der Waals surface area contributed by atoms with Crippen LogP contribution in [0.15, 0.2) is 103 Å². The zero-order valence-corrected chi connectivity index (χ0v) is 32.6. The smallest absolute Gasteiger partial charge is 0.328 e. The molecule has 4 aromatic carbocycles. The topological polar surface area (TPSA) is 136 Å². The number of urea groups is 1. The van der Waals surface area contributed by atoms with E-state index in [0.717, 1.165) is 58.3 Å². The number of ether oxygens (including phenoxy) is 4. The van der Waals surface area contributed by atoms with Gasteiger partial charge in [0.05, 0.1) is 25.9 Å². The third-order valence-electron chi connectivity index (χ3n) is 10.0. The third kappa shape index (κ3) is 11.0. The van der Waals surface area contributed by atoms with Gasteiger partial charge in [0.1, 0.15) is 17.7 Å². The van der Waals surface area contributed by atoms with E-state index in [2.05, 4.69) is 21.6 Å². The van der Waals surface area contributed by atoms with Gasteiger partial charge in [0, 0.05) is 31.5 Å². The van der Waals surface area contributed by atoms with E-state index < -0.39 is 29.9 Å². The molecule has 0 bridgehead atoms. The molecular formula is C45H53N3O8. The predicted octanol–water partition coefficient (Wildman–Crippen LogP) is 6.78. The van der Waals surface area contributed by atoms with Gasteiger partial charge in [-0.2, -0.15) is 0 Å². The summed E-state index contributed by atoms with van der Waals surface area (Å²) in [6.07, 6.45) is 1.39. The Kier molecular flexibility index (Phi) is 13.6. The number of nitrogens with zero attached hydrogens (tertiary/aromatic N) is 1. The van der Waals surface area contributed by atoms with Crippen molar-refractivity contribution in [2.45, 2.75) is 95.8 Å². The van der Waals surface area contributed by atoms with Crippen LogP contribution in [0.25, 0.3) is 11.1 Å². The first-order valence-corrected chi connectivity index (χ1v) is 19.3. The number of carbonyl (C=O) groups is 3. The van der Waals surface area contributed by atoms with Crippen LogP contribution in [0.1, 0.15) is 80.2 Å². The maximum absolute atomic E-state index is 13.2. The van der Waals surface area contributed by atoms with Crippen molar-refractivity contribution >= 4 is 18.0 Å². The Balaban J connectivity index is 1.15. The predicted molar refractivity (Wildman–Crippen MR) is 212 cm³/mol. The lowest BCUT2D eigenvalue weighted by Gasteiger charge is -2.38. The molecule has 0 aromatic heterocycles. The number of aliphatic hydroxyl groups excluding tert-OH is 1. The molecule has 3 N–H and O–H groups in total. The van der Waals surface area contributed by atoms with Gasteiger partial charge in [-0.3, -0.25) is 9.69 Å². The summed E-state index contributed by atoms with van der Waals surface area (Å²) < 4.78 is 24.1. The van der Waals surface area contributed by atoms with E-state index in [1.807, 2.05) is 118 Å². The molecule has 2 aliphatic rings. The number of amides is 2. The minimum Gasteiger partial charge on any atom is -0.467 e. The number of hydrogen-bond donors (Lipinski definition) is 3. The molecule has 11 nitrogen and oxygen atoms in total. The van der Waals surface area contributed by atoms with Gasteiger partial charge in [0.15, 0.2) is 6.29 Å². The van der Waals surface area contributed by atoms with Crippen LogP contribution >= 0.6 is 0 Å². The molecule has 2 amide bonds. The number of rotatable bonds is 13. The Morgan fingerprint density at radius 3 is 2.29 bits per heavy atom. The fourth-order valence-electron chi connectivity index (χ4n) is 7.28. The number of benzene rings is 4. The minimum absolute atomic E-state index is 0.0386. The first kappa shape index (κ1) is 40.6. The minimum atomic E-state index is -0.832.